The standard InChI is InChI=1S/C29H24F3N7O2S/c1-15-3-5-19(37-27(40)17-4-8-23(21(9-17)29(30,31)32)39-11-16(2)35-14-39)10-22(15)38-28(41)20-12-42-25-24(20)33-13-34-26(25)36-18-6-7-18/h3-5,8-14,18H,6-7H2,1-2H3,(H,37,40)(H,38,41)(H,33,34,36). The van der Waals surface area contributed by atoms with Gasteiger partial charge in [0.05, 0.1) is 39.1 Å². The zero-order chi connectivity index (χ0) is 29.6. The maximum Gasteiger partial charge on any atom is 0.418 e. The third-order valence-corrected chi connectivity index (χ3v) is 7.79. The van der Waals surface area contributed by atoms with Gasteiger partial charge < -0.3 is 20.5 Å². The van der Waals surface area contributed by atoms with Gasteiger partial charge in [-0.05, 0) is 62.6 Å². The maximum atomic E-state index is 13.9. The van der Waals surface area contributed by atoms with Crippen molar-refractivity contribution in [3.63, 3.8) is 0 Å². The SMILES string of the molecule is Cc1cn(-c2ccc(C(=O)Nc3ccc(C)c(NC(=O)c4csc5c(NC6CC6)ncnc45)c3)cc2C(F)(F)F)cn1. The minimum atomic E-state index is -4.70. The number of amides is 2. The first kappa shape index (κ1) is 27.4. The number of nitrogens with one attached hydrogen (secondary N) is 3. The summed E-state index contributed by atoms with van der Waals surface area (Å²) in [6.45, 7) is 3.46. The molecule has 1 saturated carbocycles. The number of benzene rings is 2. The van der Waals surface area contributed by atoms with E-state index in [1.54, 1.807) is 37.4 Å². The average Bonchev–Trinajstić information content (AvgIpc) is 3.48. The zero-order valence-corrected chi connectivity index (χ0v) is 23.2. The second-order valence-electron chi connectivity index (χ2n) is 10.1. The first-order valence-corrected chi connectivity index (χ1v) is 13.9. The lowest BCUT2D eigenvalue weighted by Gasteiger charge is -2.15. The fourth-order valence-corrected chi connectivity index (χ4v) is 5.40. The van der Waals surface area contributed by atoms with Crippen molar-refractivity contribution < 1.29 is 22.8 Å². The second-order valence-corrected chi connectivity index (χ2v) is 10.9. The van der Waals surface area contributed by atoms with Gasteiger partial charge in [-0.15, -0.1) is 11.3 Å². The van der Waals surface area contributed by atoms with Crippen LogP contribution in [0, 0.1) is 13.8 Å². The molecular weight excluding hydrogens is 567 g/mol. The van der Waals surface area contributed by atoms with E-state index in [1.165, 1.54) is 46.9 Å². The van der Waals surface area contributed by atoms with Crippen LogP contribution < -0.4 is 16.0 Å². The number of thiophene rings is 1. The van der Waals surface area contributed by atoms with Crippen LogP contribution in [0.1, 0.15) is 50.4 Å². The molecule has 9 nitrogen and oxygen atoms in total. The van der Waals surface area contributed by atoms with Gasteiger partial charge in [-0.2, -0.15) is 13.2 Å². The van der Waals surface area contributed by atoms with Crippen LogP contribution in [-0.2, 0) is 6.18 Å². The first-order chi connectivity index (χ1) is 20.1. The summed E-state index contributed by atoms with van der Waals surface area (Å²) in [4.78, 5) is 38.9. The summed E-state index contributed by atoms with van der Waals surface area (Å²) in [6, 6.07) is 8.63. The molecule has 0 bridgehead atoms. The van der Waals surface area contributed by atoms with Gasteiger partial charge >= 0.3 is 6.18 Å². The Labute approximate surface area is 241 Å². The second kappa shape index (κ2) is 10.6. The first-order valence-electron chi connectivity index (χ1n) is 13.0. The van der Waals surface area contributed by atoms with Crippen molar-refractivity contribution in [3.8, 4) is 5.69 Å². The van der Waals surface area contributed by atoms with Crippen LogP contribution in [-0.4, -0.2) is 37.4 Å². The molecule has 6 rings (SSSR count). The molecule has 5 aromatic rings. The van der Waals surface area contributed by atoms with E-state index in [-0.39, 0.29) is 17.2 Å². The lowest BCUT2D eigenvalue weighted by Crippen LogP contribution is -2.17. The van der Waals surface area contributed by atoms with Crippen LogP contribution in [0.25, 0.3) is 15.9 Å². The van der Waals surface area contributed by atoms with Gasteiger partial charge in [-0.3, -0.25) is 9.59 Å². The predicted octanol–water partition coefficient (Wildman–Crippen LogP) is 6.59. The van der Waals surface area contributed by atoms with Crippen molar-refractivity contribution in [2.75, 3.05) is 16.0 Å². The van der Waals surface area contributed by atoms with Crippen molar-refractivity contribution in [2.45, 2.75) is 38.9 Å². The number of halogens is 3. The van der Waals surface area contributed by atoms with Crippen molar-refractivity contribution >= 4 is 50.6 Å². The molecular formula is C29H24F3N7O2S. The van der Waals surface area contributed by atoms with Crippen molar-refractivity contribution in [2.24, 2.45) is 0 Å². The summed E-state index contributed by atoms with van der Waals surface area (Å²) >= 11 is 1.38. The number of hydrogen-bond donors (Lipinski definition) is 3. The third-order valence-electron chi connectivity index (χ3n) is 6.81. The number of nitrogens with zero attached hydrogens (tertiary/aromatic N) is 4. The summed E-state index contributed by atoms with van der Waals surface area (Å²) in [7, 11) is 0. The van der Waals surface area contributed by atoms with Gasteiger partial charge in [-0.25, -0.2) is 15.0 Å². The molecule has 0 radical (unpaired) electrons. The summed E-state index contributed by atoms with van der Waals surface area (Å²) in [6.07, 6.45) is 1.65. The number of anilines is 3. The number of fused-ring (bicyclic) bond motifs is 1. The molecule has 1 aliphatic rings. The number of imidazole rings is 1. The molecule has 42 heavy (non-hydrogen) atoms. The monoisotopic (exact) mass is 591 g/mol. The fraction of sp³-hybridized carbons (Fsp3) is 0.207. The summed E-state index contributed by atoms with van der Waals surface area (Å²) in [5.74, 6) is -0.412. The van der Waals surface area contributed by atoms with E-state index in [4.69, 9.17) is 0 Å². The number of carbonyl (C=O) groups is 2. The molecule has 3 heterocycles. The van der Waals surface area contributed by atoms with E-state index >= 15 is 0 Å². The molecule has 0 saturated heterocycles. The Kier molecular flexibility index (Phi) is 6.89. The topological polar surface area (TPSA) is 114 Å². The molecule has 2 aromatic carbocycles. The predicted molar refractivity (Wildman–Crippen MR) is 154 cm³/mol. The Balaban J connectivity index is 1.22. The molecule has 1 fully saturated rings. The van der Waals surface area contributed by atoms with E-state index < -0.39 is 17.6 Å². The molecule has 2 amide bonds. The molecule has 3 N–H and O–H groups in total. The molecule has 0 atom stereocenters. The van der Waals surface area contributed by atoms with Gasteiger partial charge in [0.25, 0.3) is 11.8 Å². The van der Waals surface area contributed by atoms with Gasteiger partial charge in [0.15, 0.2) is 0 Å². The minimum absolute atomic E-state index is 0.137. The molecule has 0 spiro atoms. The van der Waals surface area contributed by atoms with E-state index in [0.717, 1.165) is 29.2 Å². The lowest BCUT2D eigenvalue weighted by atomic mass is 10.1. The zero-order valence-electron chi connectivity index (χ0n) is 22.4. The highest BCUT2D eigenvalue weighted by molar-refractivity contribution is 7.18. The molecule has 3 aromatic heterocycles. The smallest absolute Gasteiger partial charge is 0.366 e. The van der Waals surface area contributed by atoms with Crippen LogP contribution in [0.2, 0.25) is 0 Å². The van der Waals surface area contributed by atoms with E-state index in [1.807, 2.05) is 0 Å². The number of aromatic nitrogens is 4. The summed E-state index contributed by atoms with van der Waals surface area (Å²) < 4.78 is 43.8. The largest absolute Gasteiger partial charge is 0.418 e. The Morgan fingerprint density at radius 1 is 1.00 bits per heavy atom. The normalized spacial score (nSPS) is 13.3. The molecule has 13 heteroatoms. The van der Waals surface area contributed by atoms with Gasteiger partial charge in [-0.1, -0.05) is 6.07 Å². The van der Waals surface area contributed by atoms with E-state index in [0.29, 0.717) is 40.0 Å². The van der Waals surface area contributed by atoms with Crippen LogP contribution in [0.15, 0.2) is 60.6 Å². The Hall–Kier alpha value is -4.78. The Morgan fingerprint density at radius 3 is 2.52 bits per heavy atom. The van der Waals surface area contributed by atoms with Crippen LogP contribution in [0.4, 0.5) is 30.4 Å². The summed E-state index contributed by atoms with van der Waals surface area (Å²) in [5, 5.41) is 10.6. The highest BCUT2D eigenvalue weighted by atomic mass is 32.1. The Bertz CT molecular complexity index is 1840. The highest BCUT2D eigenvalue weighted by Gasteiger charge is 2.35. The molecule has 0 unspecified atom stereocenters. The highest BCUT2D eigenvalue weighted by Crippen LogP contribution is 2.36. The number of carbonyl (C=O) groups excluding carboxylic acids is 2. The van der Waals surface area contributed by atoms with Crippen LogP contribution in [0.5, 0.6) is 0 Å². The maximum absolute atomic E-state index is 13.9. The molecule has 0 aliphatic heterocycles. The number of alkyl halides is 3. The van der Waals surface area contributed by atoms with Gasteiger partial charge in [0.1, 0.15) is 12.1 Å². The van der Waals surface area contributed by atoms with Crippen molar-refractivity contribution in [3.05, 3.63) is 88.6 Å². The van der Waals surface area contributed by atoms with E-state index in [2.05, 4.69) is 30.9 Å². The van der Waals surface area contributed by atoms with Gasteiger partial charge in [0, 0.05) is 34.6 Å². The number of aryl methyl sites for hydroxylation is 2. The van der Waals surface area contributed by atoms with Crippen molar-refractivity contribution in [1.82, 2.24) is 19.5 Å². The third kappa shape index (κ3) is 5.55. The van der Waals surface area contributed by atoms with Crippen LogP contribution >= 0.6 is 11.3 Å². The quantitative estimate of drug-likeness (QED) is 0.197. The van der Waals surface area contributed by atoms with Crippen molar-refractivity contribution in [1.29, 1.82) is 0 Å². The fourth-order valence-electron chi connectivity index (χ4n) is 4.45. The molecule has 1 aliphatic carbocycles. The van der Waals surface area contributed by atoms with Gasteiger partial charge in [0.2, 0.25) is 0 Å². The number of hydrogen-bond acceptors (Lipinski definition) is 7. The summed E-state index contributed by atoms with van der Waals surface area (Å²) in [5.41, 5.74) is 1.67. The lowest BCUT2D eigenvalue weighted by molar-refractivity contribution is -0.137. The average molecular weight is 592 g/mol. The van der Waals surface area contributed by atoms with E-state index in [9.17, 15) is 22.8 Å². The minimum Gasteiger partial charge on any atom is -0.366 e. The number of rotatable bonds is 7. The van der Waals surface area contributed by atoms with Crippen LogP contribution in [0.3, 0.4) is 0 Å². The Morgan fingerprint density at radius 2 is 1.81 bits per heavy atom. The molecule has 214 valence electrons.